The number of nitrogens with one attached hydrogen (secondary N) is 1. The van der Waals surface area contributed by atoms with Crippen molar-refractivity contribution in [3.63, 3.8) is 0 Å². The zero-order valence-corrected chi connectivity index (χ0v) is 13.0. The van der Waals surface area contributed by atoms with E-state index in [1.54, 1.807) is 12.1 Å². The van der Waals surface area contributed by atoms with E-state index in [9.17, 15) is 9.59 Å². The van der Waals surface area contributed by atoms with Gasteiger partial charge in [0, 0.05) is 12.6 Å². The van der Waals surface area contributed by atoms with Gasteiger partial charge in [0.2, 0.25) is 5.91 Å². The van der Waals surface area contributed by atoms with Gasteiger partial charge in [-0.15, -0.1) is 0 Å². The summed E-state index contributed by atoms with van der Waals surface area (Å²) >= 11 is 0. The molecule has 0 aliphatic heterocycles. The fourth-order valence-corrected chi connectivity index (χ4v) is 1.69. The standard InChI is InChI=1S/C17H20N2O3/c1-4-12(2)22-16-8-6-5-7-13(16)9-10-15(20)14(11-18)17(21)19-3/h5-10,12,14H,4H2,1-3H3,(H,19,21). The fourth-order valence-electron chi connectivity index (χ4n) is 1.69. The number of nitrogens with zero attached hydrogens (tertiary/aromatic N) is 1. The molecule has 0 aliphatic rings. The van der Waals surface area contributed by atoms with Gasteiger partial charge in [-0.1, -0.05) is 25.1 Å². The van der Waals surface area contributed by atoms with Crippen molar-refractivity contribution in [2.24, 2.45) is 5.92 Å². The number of ketones is 1. The van der Waals surface area contributed by atoms with Gasteiger partial charge in [0.15, 0.2) is 11.7 Å². The molecule has 0 saturated heterocycles. The average molecular weight is 300 g/mol. The molecule has 1 N–H and O–H groups in total. The third-order valence-corrected chi connectivity index (χ3v) is 3.17. The van der Waals surface area contributed by atoms with Crippen LogP contribution in [0.2, 0.25) is 0 Å². The lowest BCUT2D eigenvalue weighted by molar-refractivity contribution is -0.129. The summed E-state index contributed by atoms with van der Waals surface area (Å²) in [6.07, 6.45) is 3.72. The van der Waals surface area contributed by atoms with E-state index in [0.29, 0.717) is 5.75 Å². The molecule has 2 atom stereocenters. The maximum absolute atomic E-state index is 11.9. The SMILES string of the molecule is CCC(C)Oc1ccccc1C=CC(=O)C(C#N)C(=O)NC. The Morgan fingerprint density at radius 1 is 1.41 bits per heavy atom. The first-order valence-electron chi connectivity index (χ1n) is 7.12. The van der Waals surface area contributed by atoms with Crippen molar-refractivity contribution in [3.05, 3.63) is 35.9 Å². The minimum atomic E-state index is -1.33. The van der Waals surface area contributed by atoms with E-state index in [1.165, 1.54) is 13.1 Å². The average Bonchev–Trinajstić information content (AvgIpc) is 2.54. The molecule has 0 saturated carbocycles. The van der Waals surface area contributed by atoms with Crippen molar-refractivity contribution in [3.8, 4) is 11.8 Å². The Hall–Kier alpha value is -2.61. The Morgan fingerprint density at radius 3 is 2.68 bits per heavy atom. The third-order valence-electron chi connectivity index (χ3n) is 3.17. The summed E-state index contributed by atoms with van der Waals surface area (Å²) in [5.74, 6) is -1.83. The maximum atomic E-state index is 11.9. The van der Waals surface area contributed by atoms with Crippen LogP contribution in [-0.4, -0.2) is 24.8 Å². The molecule has 0 aliphatic carbocycles. The Balaban J connectivity index is 2.92. The molecule has 1 rings (SSSR count). The zero-order chi connectivity index (χ0) is 16.5. The Bertz CT molecular complexity index is 602. The predicted octanol–water partition coefficient (Wildman–Crippen LogP) is 2.33. The Morgan fingerprint density at radius 2 is 2.09 bits per heavy atom. The number of hydrogen-bond donors (Lipinski definition) is 1. The Labute approximate surface area is 130 Å². The van der Waals surface area contributed by atoms with Crippen LogP contribution in [0.3, 0.4) is 0 Å². The van der Waals surface area contributed by atoms with Crippen LogP contribution in [0.15, 0.2) is 30.3 Å². The number of carbonyl (C=O) groups is 2. The van der Waals surface area contributed by atoms with E-state index < -0.39 is 17.6 Å². The number of rotatable bonds is 7. The number of carbonyl (C=O) groups excluding carboxylic acids is 2. The first-order chi connectivity index (χ1) is 10.5. The van der Waals surface area contributed by atoms with E-state index in [4.69, 9.17) is 10.00 Å². The van der Waals surface area contributed by atoms with Gasteiger partial charge in [-0.05, 0) is 31.6 Å². The molecule has 22 heavy (non-hydrogen) atoms. The molecule has 116 valence electrons. The molecule has 0 spiro atoms. The maximum Gasteiger partial charge on any atom is 0.245 e. The van der Waals surface area contributed by atoms with Crippen LogP contribution in [-0.2, 0) is 9.59 Å². The minimum Gasteiger partial charge on any atom is -0.490 e. The predicted molar refractivity (Wildman–Crippen MR) is 84.0 cm³/mol. The molecule has 2 unspecified atom stereocenters. The molecule has 5 nitrogen and oxygen atoms in total. The van der Waals surface area contributed by atoms with Crippen LogP contribution in [0.4, 0.5) is 0 Å². The van der Waals surface area contributed by atoms with Crippen LogP contribution < -0.4 is 10.1 Å². The van der Waals surface area contributed by atoms with Gasteiger partial charge in [0.1, 0.15) is 5.75 Å². The van der Waals surface area contributed by atoms with Crippen molar-refractivity contribution in [2.45, 2.75) is 26.4 Å². The molecular formula is C17H20N2O3. The second-order valence-electron chi connectivity index (χ2n) is 4.79. The van der Waals surface area contributed by atoms with E-state index in [0.717, 1.165) is 12.0 Å². The minimum absolute atomic E-state index is 0.0583. The third kappa shape index (κ3) is 4.74. The highest BCUT2D eigenvalue weighted by molar-refractivity contribution is 6.10. The summed E-state index contributed by atoms with van der Waals surface area (Å²) in [6, 6.07) is 9.00. The quantitative estimate of drug-likeness (QED) is 0.619. The number of amides is 1. The van der Waals surface area contributed by atoms with Gasteiger partial charge in [-0.2, -0.15) is 5.26 Å². The summed E-state index contributed by atoms with van der Waals surface area (Å²) in [5.41, 5.74) is 0.727. The van der Waals surface area contributed by atoms with Gasteiger partial charge in [0.25, 0.3) is 0 Å². The molecule has 1 aromatic carbocycles. The zero-order valence-electron chi connectivity index (χ0n) is 13.0. The topological polar surface area (TPSA) is 79.2 Å². The number of hydrogen-bond acceptors (Lipinski definition) is 4. The van der Waals surface area contributed by atoms with Crippen LogP contribution in [0, 0.1) is 17.2 Å². The molecule has 0 bridgehead atoms. The lowest BCUT2D eigenvalue weighted by atomic mass is 10.0. The van der Waals surface area contributed by atoms with Crippen molar-refractivity contribution >= 4 is 17.8 Å². The summed E-state index contributed by atoms with van der Waals surface area (Å²) in [4.78, 5) is 23.4. The lowest BCUT2D eigenvalue weighted by Gasteiger charge is -2.14. The first-order valence-corrected chi connectivity index (χ1v) is 7.12. The van der Waals surface area contributed by atoms with Crippen molar-refractivity contribution in [1.29, 1.82) is 5.26 Å². The summed E-state index contributed by atoms with van der Waals surface area (Å²) in [5, 5.41) is 11.2. The van der Waals surface area contributed by atoms with Crippen LogP contribution in [0.1, 0.15) is 25.8 Å². The second-order valence-corrected chi connectivity index (χ2v) is 4.79. The molecule has 5 heteroatoms. The molecule has 0 heterocycles. The van der Waals surface area contributed by atoms with Gasteiger partial charge < -0.3 is 10.1 Å². The highest BCUT2D eigenvalue weighted by Crippen LogP contribution is 2.21. The molecule has 0 fully saturated rings. The van der Waals surface area contributed by atoms with E-state index in [2.05, 4.69) is 5.32 Å². The molecule has 1 amide bonds. The van der Waals surface area contributed by atoms with E-state index in [1.807, 2.05) is 38.1 Å². The van der Waals surface area contributed by atoms with Crippen LogP contribution >= 0.6 is 0 Å². The normalized spacial score (nSPS) is 13.2. The van der Waals surface area contributed by atoms with Gasteiger partial charge >= 0.3 is 0 Å². The number of benzene rings is 1. The van der Waals surface area contributed by atoms with Crippen molar-refractivity contribution in [2.75, 3.05) is 7.05 Å². The van der Waals surface area contributed by atoms with Gasteiger partial charge in [0.05, 0.1) is 12.2 Å². The second kappa shape index (κ2) is 8.63. The highest BCUT2D eigenvalue weighted by atomic mass is 16.5. The van der Waals surface area contributed by atoms with Gasteiger partial charge in [-0.3, -0.25) is 9.59 Å². The van der Waals surface area contributed by atoms with Crippen molar-refractivity contribution in [1.82, 2.24) is 5.32 Å². The van der Waals surface area contributed by atoms with E-state index in [-0.39, 0.29) is 6.10 Å². The summed E-state index contributed by atoms with van der Waals surface area (Å²) < 4.78 is 5.78. The van der Waals surface area contributed by atoms with Crippen LogP contribution in [0.25, 0.3) is 6.08 Å². The van der Waals surface area contributed by atoms with Crippen LogP contribution in [0.5, 0.6) is 5.75 Å². The number of para-hydroxylation sites is 1. The number of allylic oxidation sites excluding steroid dienone is 1. The smallest absolute Gasteiger partial charge is 0.245 e. The number of ether oxygens (including phenoxy) is 1. The lowest BCUT2D eigenvalue weighted by Crippen LogP contribution is -2.31. The van der Waals surface area contributed by atoms with Crippen molar-refractivity contribution < 1.29 is 14.3 Å². The monoisotopic (exact) mass is 300 g/mol. The molecule has 0 aromatic heterocycles. The largest absolute Gasteiger partial charge is 0.490 e. The molecular weight excluding hydrogens is 280 g/mol. The fraction of sp³-hybridized carbons (Fsp3) is 0.353. The Kier molecular flexibility index (Phi) is 6.84. The van der Waals surface area contributed by atoms with E-state index >= 15 is 0 Å². The van der Waals surface area contributed by atoms with Gasteiger partial charge in [-0.25, -0.2) is 0 Å². The number of nitriles is 1. The molecule has 1 aromatic rings. The highest BCUT2D eigenvalue weighted by Gasteiger charge is 2.23. The first kappa shape index (κ1) is 17.4. The summed E-state index contributed by atoms with van der Waals surface area (Å²) in [6.45, 7) is 3.98. The molecule has 0 radical (unpaired) electrons. The summed E-state index contributed by atoms with van der Waals surface area (Å²) in [7, 11) is 1.39.